The van der Waals surface area contributed by atoms with Crippen molar-refractivity contribution < 1.29 is 18.0 Å². The second-order valence-corrected chi connectivity index (χ2v) is 9.07. The summed E-state index contributed by atoms with van der Waals surface area (Å²) in [6, 6.07) is 22.1. The van der Waals surface area contributed by atoms with Gasteiger partial charge in [0, 0.05) is 24.3 Å². The first-order valence-electron chi connectivity index (χ1n) is 12.8. The SMILES string of the molecule is CCCCN(CCCC)c1ccc(C=Cc2ccc(C=Cc3ccc(C(=O)C(F)(F)F)cc3)cc2)cc1. The number of Topliss-reactive ketones (excluding diaryl/α,β-unsaturated/α-hetero) is 1. The van der Waals surface area contributed by atoms with E-state index in [1.807, 2.05) is 30.3 Å². The first-order valence-corrected chi connectivity index (χ1v) is 12.8. The van der Waals surface area contributed by atoms with Gasteiger partial charge in [-0.15, -0.1) is 0 Å². The van der Waals surface area contributed by atoms with Crippen molar-refractivity contribution in [3.8, 4) is 0 Å². The molecule has 0 aromatic heterocycles. The summed E-state index contributed by atoms with van der Waals surface area (Å²) in [5.41, 5.74) is 4.82. The minimum absolute atomic E-state index is 0.360. The van der Waals surface area contributed by atoms with Crippen LogP contribution in [0.4, 0.5) is 18.9 Å². The highest BCUT2D eigenvalue weighted by Gasteiger charge is 2.39. The molecular weight excluding hydrogens is 471 g/mol. The molecule has 0 bridgehead atoms. The number of benzene rings is 3. The molecule has 3 rings (SSSR count). The van der Waals surface area contributed by atoms with Gasteiger partial charge in [-0.1, -0.05) is 112 Å². The average molecular weight is 506 g/mol. The number of hydrogen-bond donors (Lipinski definition) is 0. The molecule has 0 amide bonds. The van der Waals surface area contributed by atoms with Crippen LogP contribution in [0.25, 0.3) is 24.3 Å². The lowest BCUT2D eigenvalue weighted by molar-refractivity contribution is -0.0885. The maximum atomic E-state index is 12.5. The van der Waals surface area contributed by atoms with Gasteiger partial charge in [0.1, 0.15) is 0 Å². The fraction of sp³-hybridized carbons (Fsp3) is 0.281. The van der Waals surface area contributed by atoms with E-state index in [0.717, 1.165) is 29.8 Å². The molecule has 0 aliphatic rings. The number of nitrogens with zero attached hydrogens (tertiary/aromatic N) is 1. The standard InChI is InChI=1S/C32H34F3NO/c1-3-5-23-36(24-6-4-2)30-21-17-28(18-22-30)14-12-26-9-7-25(8-10-26)11-13-27-15-19-29(20-16-27)31(37)32(33,34)35/h7-22H,3-6,23-24H2,1-2H3. The van der Waals surface area contributed by atoms with E-state index in [1.165, 1.54) is 55.6 Å². The van der Waals surface area contributed by atoms with E-state index < -0.39 is 12.0 Å². The highest BCUT2D eigenvalue weighted by atomic mass is 19.4. The number of carbonyl (C=O) groups is 1. The van der Waals surface area contributed by atoms with Crippen molar-refractivity contribution in [3.05, 3.63) is 101 Å². The Bertz CT molecular complexity index is 1170. The summed E-state index contributed by atoms with van der Waals surface area (Å²) in [5.74, 6) is -1.83. The van der Waals surface area contributed by atoms with E-state index in [4.69, 9.17) is 0 Å². The molecule has 3 aromatic carbocycles. The molecule has 3 aromatic rings. The van der Waals surface area contributed by atoms with Gasteiger partial charge in [-0.05, 0) is 47.2 Å². The van der Waals surface area contributed by atoms with Crippen LogP contribution in [0, 0.1) is 0 Å². The van der Waals surface area contributed by atoms with E-state index in [-0.39, 0.29) is 5.56 Å². The van der Waals surface area contributed by atoms with Crippen LogP contribution >= 0.6 is 0 Å². The van der Waals surface area contributed by atoms with E-state index in [0.29, 0.717) is 5.56 Å². The van der Waals surface area contributed by atoms with Gasteiger partial charge >= 0.3 is 6.18 Å². The average Bonchev–Trinajstić information content (AvgIpc) is 2.91. The summed E-state index contributed by atoms with van der Waals surface area (Å²) in [4.78, 5) is 13.8. The number of ketones is 1. The lowest BCUT2D eigenvalue weighted by Crippen LogP contribution is -2.25. The highest BCUT2D eigenvalue weighted by Crippen LogP contribution is 2.22. The molecule has 0 aliphatic heterocycles. The molecule has 0 heterocycles. The van der Waals surface area contributed by atoms with Gasteiger partial charge < -0.3 is 4.90 Å². The van der Waals surface area contributed by atoms with Crippen molar-refractivity contribution in [2.75, 3.05) is 18.0 Å². The smallest absolute Gasteiger partial charge is 0.372 e. The van der Waals surface area contributed by atoms with Crippen molar-refractivity contribution in [2.45, 2.75) is 45.7 Å². The van der Waals surface area contributed by atoms with Crippen LogP contribution in [0.3, 0.4) is 0 Å². The Kier molecular flexibility index (Phi) is 10.3. The Hall–Kier alpha value is -3.60. The van der Waals surface area contributed by atoms with Gasteiger partial charge in [0.15, 0.2) is 0 Å². The normalized spacial score (nSPS) is 11.9. The van der Waals surface area contributed by atoms with Crippen molar-refractivity contribution in [2.24, 2.45) is 0 Å². The molecule has 194 valence electrons. The zero-order valence-corrected chi connectivity index (χ0v) is 21.5. The van der Waals surface area contributed by atoms with Gasteiger partial charge in [-0.2, -0.15) is 13.2 Å². The summed E-state index contributed by atoms with van der Waals surface area (Å²) >= 11 is 0. The van der Waals surface area contributed by atoms with Gasteiger partial charge in [0.05, 0.1) is 0 Å². The molecule has 0 fully saturated rings. The van der Waals surface area contributed by atoms with Gasteiger partial charge in [-0.3, -0.25) is 4.79 Å². The van der Waals surface area contributed by atoms with Gasteiger partial charge in [-0.25, -0.2) is 0 Å². The highest BCUT2D eigenvalue weighted by molar-refractivity contribution is 6.00. The number of unbranched alkanes of at least 4 members (excludes halogenated alkanes) is 2. The maximum absolute atomic E-state index is 12.5. The Balaban J connectivity index is 1.59. The molecule has 2 nitrogen and oxygen atoms in total. The number of carbonyl (C=O) groups excluding carboxylic acids is 1. The minimum Gasteiger partial charge on any atom is -0.372 e. The van der Waals surface area contributed by atoms with Crippen LogP contribution in [-0.2, 0) is 0 Å². The van der Waals surface area contributed by atoms with Crippen LogP contribution in [0.5, 0.6) is 0 Å². The number of rotatable bonds is 12. The summed E-state index contributed by atoms with van der Waals surface area (Å²) in [6.07, 6.45) is 7.79. The molecular formula is C32H34F3NO. The topological polar surface area (TPSA) is 20.3 Å². The van der Waals surface area contributed by atoms with E-state index in [1.54, 1.807) is 6.08 Å². The lowest BCUT2D eigenvalue weighted by atomic mass is 10.1. The quantitative estimate of drug-likeness (QED) is 0.181. The van der Waals surface area contributed by atoms with Crippen molar-refractivity contribution in [1.82, 2.24) is 0 Å². The zero-order valence-electron chi connectivity index (χ0n) is 21.5. The van der Waals surface area contributed by atoms with Crippen LogP contribution in [-0.4, -0.2) is 25.0 Å². The van der Waals surface area contributed by atoms with Crippen molar-refractivity contribution in [3.63, 3.8) is 0 Å². The Morgan fingerprint density at radius 3 is 1.35 bits per heavy atom. The number of halogens is 3. The van der Waals surface area contributed by atoms with Crippen molar-refractivity contribution >= 4 is 35.8 Å². The number of anilines is 1. The predicted molar refractivity (Wildman–Crippen MR) is 150 cm³/mol. The Morgan fingerprint density at radius 1 is 0.649 bits per heavy atom. The van der Waals surface area contributed by atoms with Crippen LogP contribution < -0.4 is 4.90 Å². The molecule has 0 aliphatic carbocycles. The fourth-order valence-corrected chi connectivity index (χ4v) is 3.88. The third-order valence-corrected chi connectivity index (χ3v) is 6.12. The third-order valence-electron chi connectivity index (χ3n) is 6.12. The predicted octanol–water partition coefficient (Wildman–Crippen LogP) is 9.18. The summed E-state index contributed by atoms with van der Waals surface area (Å²) < 4.78 is 37.6. The molecule has 0 spiro atoms. The molecule has 0 saturated carbocycles. The summed E-state index contributed by atoms with van der Waals surface area (Å²) in [5, 5.41) is 0. The first kappa shape index (κ1) is 28.0. The zero-order chi connectivity index (χ0) is 26.7. The van der Waals surface area contributed by atoms with Crippen molar-refractivity contribution in [1.29, 1.82) is 0 Å². The Morgan fingerprint density at radius 2 is 1.00 bits per heavy atom. The largest absolute Gasteiger partial charge is 0.454 e. The molecule has 0 N–H and O–H groups in total. The molecule has 0 saturated heterocycles. The summed E-state index contributed by atoms with van der Waals surface area (Å²) in [6.45, 7) is 6.63. The third kappa shape index (κ3) is 8.78. The molecule has 5 heteroatoms. The monoisotopic (exact) mass is 505 g/mol. The molecule has 0 unspecified atom stereocenters. The van der Waals surface area contributed by atoms with E-state index >= 15 is 0 Å². The van der Waals surface area contributed by atoms with E-state index in [2.05, 4.69) is 55.2 Å². The minimum atomic E-state index is -4.86. The summed E-state index contributed by atoms with van der Waals surface area (Å²) in [7, 11) is 0. The fourth-order valence-electron chi connectivity index (χ4n) is 3.88. The van der Waals surface area contributed by atoms with Gasteiger partial charge in [0.2, 0.25) is 0 Å². The number of hydrogen-bond acceptors (Lipinski definition) is 2. The van der Waals surface area contributed by atoms with Crippen LogP contribution in [0.15, 0.2) is 72.8 Å². The number of alkyl halides is 3. The first-order chi connectivity index (χ1) is 17.8. The molecule has 0 radical (unpaired) electrons. The van der Waals surface area contributed by atoms with Crippen LogP contribution in [0.1, 0.15) is 72.1 Å². The van der Waals surface area contributed by atoms with Gasteiger partial charge in [0.25, 0.3) is 5.78 Å². The maximum Gasteiger partial charge on any atom is 0.454 e. The molecule has 0 atom stereocenters. The second kappa shape index (κ2) is 13.6. The Labute approximate surface area is 218 Å². The lowest BCUT2D eigenvalue weighted by Gasteiger charge is -2.24. The van der Waals surface area contributed by atoms with Crippen LogP contribution in [0.2, 0.25) is 0 Å². The molecule has 37 heavy (non-hydrogen) atoms. The van der Waals surface area contributed by atoms with E-state index in [9.17, 15) is 18.0 Å². The second-order valence-electron chi connectivity index (χ2n) is 9.07.